The lowest BCUT2D eigenvalue weighted by Gasteiger charge is -2.40. The van der Waals surface area contributed by atoms with Gasteiger partial charge in [0.05, 0.1) is 25.4 Å². The molecule has 1 saturated heterocycles. The third-order valence-electron chi connectivity index (χ3n) is 12.3. The highest BCUT2D eigenvalue weighted by Crippen LogP contribution is 2.23. The van der Waals surface area contributed by atoms with Gasteiger partial charge < -0.3 is 50.5 Å². The molecule has 9 unspecified atom stereocenters. The predicted octanol–water partition coefficient (Wildman–Crippen LogP) is 8.84. The average Bonchev–Trinajstić information content (AvgIpc) is 3.25. The molecular formula is C49H95NO10. The summed E-state index contributed by atoms with van der Waals surface area (Å²) in [6.45, 7) is 3.38. The van der Waals surface area contributed by atoms with Gasteiger partial charge in [0.25, 0.3) is 0 Å². The van der Waals surface area contributed by atoms with Crippen molar-refractivity contribution in [2.24, 2.45) is 0 Å². The summed E-state index contributed by atoms with van der Waals surface area (Å²) in [5.41, 5.74) is 0. The van der Waals surface area contributed by atoms with Crippen LogP contribution < -0.4 is 5.32 Å². The highest BCUT2D eigenvalue weighted by Gasteiger charge is 2.44. The maximum Gasteiger partial charge on any atom is 0.249 e. The summed E-state index contributed by atoms with van der Waals surface area (Å²) in [5, 5.41) is 75.5. The Balaban J connectivity index is 2.28. The van der Waals surface area contributed by atoms with Crippen molar-refractivity contribution < 1.29 is 50.0 Å². The van der Waals surface area contributed by atoms with Gasteiger partial charge in [0.15, 0.2) is 6.29 Å². The van der Waals surface area contributed by atoms with E-state index in [1.165, 1.54) is 154 Å². The fourth-order valence-corrected chi connectivity index (χ4v) is 8.15. The van der Waals surface area contributed by atoms with Crippen LogP contribution in [-0.2, 0) is 14.3 Å². The average molecular weight is 858 g/mol. The highest BCUT2D eigenvalue weighted by atomic mass is 16.7. The fraction of sp³-hybridized carbons (Fsp3) is 0.939. The summed E-state index contributed by atoms with van der Waals surface area (Å²) < 4.78 is 11.1. The van der Waals surface area contributed by atoms with Gasteiger partial charge in [-0.3, -0.25) is 4.79 Å². The lowest BCUT2D eigenvalue weighted by molar-refractivity contribution is -0.303. The number of carbonyl (C=O) groups is 1. The van der Waals surface area contributed by atoms with Gasteiger partial charge in [-0.05, 0) is 32.1 Å². The molecule has 356 valence electrons. The zero-order chi connectivity index (χ0) is 44.1. The van der Waals surface area contributed by atoms with E-state index in [1.807, 2.05) is 6.08 Å². The van der Waals surface area contributed by atoms with Crippen molar-refractivity contribution in [2.75, 3.05) is 13.2 Å². The Labute approximate surface area is 366 Å². The normalized spacial score (nSPS) is 21.6. The number of hydrogen-bond donors (Lipinski definition) is 8. The molecule has 1 aliphatic heterocycles. The number of carbonyl (C=O) groups excluding carboxylic acids is 1. The number of rotatable bonds is 42. The van der Waals surface area contributed by atoms with Gasteiger partial charge in [-0.15, -0.1) is 0 Å². The SMILES string of the molecule is CCCCCC/C=C\CCC(O)C(=O)NC(COC1OC(CO)C(O)C(O)C1O)C(O)C(O)CCCCCCCCCCCCCCCCCCCCCCCCCCC. The second-order valence-corrected chi connectivity index (χ2v) is 17.9. The Bertz CT molecular complexity index is 986. The van der Waals surface area contributed by atoms with Crippen LogP contribution in [-0.4, -0.2) is 110 Å². The second-order valence-electron chi connectivity index (χ2n) is 17.9. The molecule has 1 heterocycles. The van der Waals surface area contributed by atoms with Gasteiger partial charge in [0, 0.05) is 0 Å². The number of hydrogen-bond acceptors (Lipinski definition) is 10. The number of aliphatic hydroxyl groups is 7. The molecule has 0 bridgehead atoms. The van der Waals surface area contributed by atoms with E-state index in [-0.39, 0.29) is 6.42 Å². The summed E-state index contributed by atoms with van der Waals surface area (Å²) in [4.78, 5) is 13.0. The number of nitrogens with one attached hydrogen (secondary N) is 1. The first-order chi connectivity index (χ1) is 29.2. The lowest BCUT2D eigenvalue weighted by Crippen LogP contribution is -2.60. The molecule has 1 rings (SSSR count). The summed E-state index contributed by atoms with van der Waals surface area (Å²) in [6.07, 6.45) is 31.7. The third kappa shape index (κ3) is 28.5. The summed E-state index contributed by atoms with van der Waals surface area (Å²) in [5.74, 6) is -0.731. The van der Waals surface area contributed by atoms with Crippen LogP contribution in [0.5, 0.6) is 0 Å². The van der Waals surface area contributed by atoms with E-state index in [1.54, 1.807) is 0 Å². The molecule has 1 fully saturated rings. The molecule has 11 nitrogen and oxygen atoms in total. The van der Waals surface area contributed by atoms with Crippen LogP contribution in [0.2, 0.25) is 0 Å². The molecule has 0 aromatic heterocycles. The van der Waals surface area contributed by atoms with Gasteiger partial charge in [-0.2, -0.15) is 0 Å². The van der Waals surface area contributed by atoms with Crippen LogP contribution in [0.3, 0.4) is 0 Å². The smallest absolute Gasteiger partial charge is 0.249 e. The molecule has 11 heteroatoms. The molecule has 0 aromatic carbocycles. The van der Waals surface area contributed by atoms with E-state index < -0.39 is 74.2 Å². The topological polar surface area (TPSA) is 189 Å². The van der Waals surface area contributed by atoms with Crippen molar-refractivity contribution in [1.82, 2.24) is 5.32 Å². The molecule has 0 saturated carbocycles. The quantitative estimate of drug-likeness (QED) is 0.0218. The minimum absolute atomic E-state index is 0.176. The summed E-state index contributed by atoms with van der Waals surface area (Å²) in [7, 11) is 0. The molecule has 0 spiro atoms. The molecule has 1 amide bonds. The summed E-state index contributed by atoms with van der Waals surface area (Å²) in [6, 6.07) is -1.18. The van der Waals surface area contributed by atoms with E-state index in [0.717, 1.165) is 32.1 Å². The minimum atomic E-state index is -1.66. The lowest BCUT2D eigenvalue weighted by atomic mass is 9.98. The Hall–Kier alpha value is -1.15. The van der Waals surface area contributed by atoms with Gasteiger partial charge >= 0.3 is 0 Å². The number of ether oxygens (including phenoxy) is 2. The van der Waals surface area contributed by atoms with Crippen LogP contribution in [0.4, 0.5) is 0 Å². The van der Waals surface area contributed by atoms with Gasteiger partial charge in [0.2, 0.25) is 5.91 Å². The van der Waals surface area contributed by atoms with Gasteiger partial charge in [-0.25, -0.2) is 0 Å². The maximum absolute atomic E-state index is 13.0. The van der Waals surface area contributed by atoms with E-state index in [4.69, 9.17) is 9.47 Å². The molecule has 0 aromatic rings. The van der Waals surface area contributed by atoms with Crippen molar-refractivity contribution in [3.05, 3.63) is 12.2 Å². The van der Waals surface area contributed by atoms with Crippen LogP contribution in [0.1, 0.15) is 226 Å². The minimum Gasteiger partial charge on any atom is -0.394 e. The number of aliphatic hydroxyl groups excluding tert-OH is 7. The number of amides is 1. The first-order valence-corrected chi connectivity index (χ1v) is 25.1. The Morgan fingerprint density at radius 3 is 1.43 bits per heavy atom. The van der Waals surface area contributed by atoms with Crippen molar-refractivity contribution in [2.45, 2.75) is 281 Å². The van der Waals surface area contributed by atoms with Crippen molar-refractivity contribution >= 4 is 5.91 Å². The fourth-order valence-electron chi connectivity index (χ4n) is 8.15. The molecule has 0 radical (unpaired) electrons. The van der Waals surface area contributed by atoms with E-state index in [2.05, 4.69) is 25.2 Å². The van der Waals surface area contributed by atoms with Gasteiger partial charge in [0.1, 0.15) is 36.6 Å². The van der Waals surface area contributed by atoms with Gasteiger partial charge in [-0.1, -0.05) is 206 Å². The van der Waals surface area contributed by atoms with Crippen molar-refractivity contribution in [1.29, 1.82) is 0 Å². The van der Waals surface area contributed by atoms with Crippen LogP contribution >= 0.6 is 0 Å². The van der Waals surface area contributed by atoms with Crippen molar-refractivity contribution in [3.8, 4) is 0 Å². The molecule has 9 atom stereocenters. The molecule has 8 N–H and O–H groups in total. The zero-order valence-electron chi connectivity index (χ0n) is 38.5. The van der Waals surface area contributed by atoms with E-state index in [0.29, 0.717) is 19.3 Å². The predicted molar refractivity (Wildman–Crippen MR) is 243 cm³/mol. The molecule has 60 heavy (non-hydrogen) atoms. The molecular weight excluding hydrogens is 763 g/mol. The van der Waals surface area contributed by atoms with E-state index >= 15 is 0 Å². The van der Waals surface area contributed by atoms with Crippen LogP contribution in [0.15, 0.2) is 12.2 Å². The Morgan fingerprint density at radius 2 is 0.983 bits per heavy atom. The summed E-state index contributed by atoms with van der Waals surface area (Å²) >= 11 is 0. The third-order valence-corrected chi connectivity index (χ3v) is 12.3. The van der Waals surface area contributed by atoms with Crippen LogP contribution in [0.25, 0.3) is 0 Å². The first kappa shape index (κ1) is 56.9. The zero-order valence-corrected chi connectivity index (χ0v) is 38.5. The molecule has 0 aliphatic carbocycles. The monoisotopic (exact) mass is 858 g/mol. The standard InChI is InChI=1S/C49H95NO10/c1-3-5-7-9-11-13-14-15-16-17-18-19-20-21-22-23-24-25-26-27-28-29-31-32-34-36-41(52)44(54)40(39-59-49-47(57)46(56)45(55)43(38-51)60-49)50-48(58)42(53)37-35-33-30-12-10-8-6-4-2/h30,33,40-47,49,51-57H,3-29,31-32,34-39H2,1-2H3,(H,50,58)/b33-30-. The Morgan fingerprint density at radius 1 is 0.567 bits per heavy atom. The highest BCUT2D eigenvalue weighted by molar-refractivity contribution is 5.80. The van der Waals surface area contributed by atoms with Crippen LogP contribution in [0, 0.1) is 0 Å². The Kier molecular flexibility index (Phi) is 37.4. The number of unbranched alkanes of at least 4 members (excludes halogenated alkanes) is 28. The number of allylic oxidation sites excluding steroid dienone is 2. The molecule has 1 aliphatic rings. The first-order valence-electron chi connectivity index (χ1n) is 25.1. The maximum atomic E-state index is 13.0. The van der Waals surface area contributed by atoms with Crippen molar-refractivity contribution in [3.63, 3.8) is 0 Å². The van der Waals surface area contributed by atoms with E-state index in [9.17, 15) is 40.5 Å². The largest absolute Gasteiger partial charge is 0.394 e. The second kappa shape index (κ2) is 39.4.